The van der Waals surface area contributed by atoms with Gasteiger partial charge in [0.2, 0.25) is 5.91 Å². The lowest BCUT2D eigenvalue weighted by Crippen LogP contribution is -2.24. The van der Waals surface area contributed by atoms with Gasteiger partial charge in [-0.2, -0.15) is 5.26 Å². The molecular formula is C19H17ClN2O3. The first kappa shape index (κ1) is 17.1. The summed E-state index contributed by atoms with van der Waals surface area (Å²) in [6.45, 7) is 1.54. The third kappa shape index (κ3) is 4.43. The van der Waals surface area contributed by atoms with Gasteiger partial charge < -0.3 is 14.8 Å². The number of carbonyl (C=O) groups excluding carboxylic acids is 1. The number of rotatable bonds is 4. The van der Waals surface area contributed by atoms with Gasteiger partial charge in [-0.3, -0.25) is 4.79 Å². The molecule has 0 spiro atoms. The molecule has 128 valence electrons. The van der Waals surface area contributed by atoms with Crippen LogP contribution < -0.4 is 14.8 Å². The number of nitrogens with one attached hydrogen (secondary N) is 1. The van der Waals surface area contributed by atoms with Crippen molar-refractivity contribution in [2.45, 2.75) is 19.4 Å². The Morgan fingerprint density at radius 2 is 1.92 bits per heavy atom. The van der Waals surface area contributed by atoms with Crippen LogP contribution in [0.5, 0.6) is 11.5 Å². The van der Waals surface area contributed by atoms with E-state index in [-0.39, 0.29) is 12.3 Å². The Hall–Kier alpha value is -2.71. The maximum Gasteiger partial charge on any atom is 0.224 e. The van der Waals surface area contributed by atoms with Crippen LogP contribution in [0.2, 0.25) is 5.02 Å². The second kappa shape index (κ2) is 7.91. The van der Waals surface area contributed by atoms with Crippen molar-refractivity contribution in [2.75, 3.05) is 13.2 Å². The fraction of sp³-hybridized carbons (Fsp3) is 0.263. The van der Waals surface area contributed by atoms with Crippen molar-refractivity contribution in [3.63, 3.8) is 0 Å². The molecule has 1 N–H and O–H groups in total. The topological polar surface area (TPSA) is 71.4 Å². The Morgan fingerprint density at radius 3 is 2.68 bits per heavy atom. The summed E-state index contributed by atoms with van der Waals surface area (Å²) in [7, 11) is 0. The van der Waals surface area contributed by atoms with E-state index in [0.717, 1.165) is 17.5 Å². The molecule has 0 bridgehead atoms. The lowest BCUT2D eigenvalue weighted by Gasteiger charge is -2.12. The van der Waals surface area contributed by atoms with Crippen molar-refractivity contribution >= 4 is 17.5 Å². The molecule has 1 heterocycles. The molecule has 1 aliphatic heterocycles. The predicted octanol–water partition coefficient (Wildman–Crippen LogP) is 3.23. The number of benzene rings is 2. The molecule has 0 saturated heterocycles. The molecule has 0 saturated carbocycles. The molecule has 0 unspecified atom stereocenters. The van der Waals surface area contributed by atoms with Gasteiger partial charge in [0.1, 0.15) is 0 Å². The molecule has 0 fully saturated rings. The van der Waals surface area contributed by atoms with Crippen molar-refractivity contribution in [1.82, 2.24) is 5.32 Å². The quantitative estimate of drug-likeness (QED) is 0.912. The van der Waals surface area contributed by atoms with Crippen molar-refractivity contribution in [1.29, 1.82) is 5.26 Å². The number of fused-ring (bicyclic) bond motifs is 1. The van der Waals surface area contributed by atoms with Crippen LogP contribution in [0.25, 0.3) is 0 Å². The fourth-order valence-corrected chi connectivity index (χ4v) is 2.82. The van der Waals surface area contributed by atoms with E-state index >= 15 is 0 Å². The van der Waals surface area contributed by atoms with Crippen LogP contribution in [0.15, 0.2) is 36.4 Å². The summed E-state index contributed by atoms with van der Waals surface area (Å²) in [5.74, 6) is 1.01. The molecule has 2 aromatic rings. The number of hydrogen-bond acceptors (Lipinski definition) is 4. The van der Waals surface area contributed by atoms with Gasteiger partial charge >= 0.3 is 0 Å². The van der Waals surface area contributed by atoms with Crippen LogP contribution in [0.3, 0.4) is 0 Å². The number of halogens is 1. The normalized spacial score (nSPS) is 12.8. The molecule has 1 amide bonds. The molecule has 5 nitrogen and oxygen atoms in total. The largest absolute Gasteiger partial charge is 0.489 e. The second-order valence-electron chi connectivity index (χ2n) is 5.72. The first-order valence-electron chi connectivity index (χ1n) is 7.99. The Morgan fingerprint density at radius 1 is 1.16 bits per heavy atom. The minimum Gasteiger partial charge on any atom is -0.489 e. The van der Waals surface area contributed by atoms with Gasteiger partial charge in [0.15, 0.2) is 11.5 Å². The number of nitriles is 1. The summed E-state index contributed by atoms with van der Waals surface area (Å²) in [5.41, 5.74) is 2.30. The average molecular weight is 357 g/mol. The fourth-order valence-electron chi connectivity index (χ4n) is 2.53. The molecule has 25 heavy (non-hydrogen) atoms. The van der Waals surface area contributed by atoms with E-state index in [1.165, 1.54) is 0 Å². The number of nitrogens with zero attached hydrogens (tertiary/aromatic N) is 1. The van der Waals surface area contributed by atoms with Crippen LogP contribution in [-0.2, 0) is 17.8 Å². The summed E-state index contributed by atoms with van der Waals surface area (Å²) in [4.78, 5) is 12.2. The zero-order valence-electron chi connectivity index (χ0n) is 13.5. The first-order chi connectivity index (χ1) is 12.2. The van der Waals surface area contributed by atoms with E-state index in [2.05, 4.69) is 11.4 Å². The highest BCUT2D eigenvalue weighted by atomic mass is 35.5. The predicted molar refractivity (Wildman–Crippen MR) is 93.8 cm³/mol. The van der Waals surface area contributed by atoms with Gasteiger partial charge in [0.25, 0.3) is 0 Å². The average Bonchev–Trinajstić information content (AvgIpc) is 2.86. The third-order valence-electron chi connectivity index (χ3n) is 3.80. The molecule has 6 heteroatoms. The molecule has 0 aromatic heterocycles. The maximum atomic E-state index is 12.2. The Balaban J connectivity index is 1.61. The van der Waals surface area contributed by atoms with E-state index in [4.69, 9.17) is 26.3 Å². The molecule has 3 rings (SSSR count). The molecule has 1 aliphatic rings. The minimum absolute atomic E-state index is 0.116. The van der Waals surface area contributed by atoms with Gasteiger partial charge in [-0.1, -0.05) is 23.7 Å². The zero-order valence-corrected chi connectivity index (χ0v) is 14.3. The van der Waals surface area contributed by atoms with Gasteiger partial charge in [-0.15, -0.1) is 0 Å². The summed E-state index contributed by atoms with van der Waals surface area (Å²) in [5, 5.41) is 12.1. The third-order valence-corrected chi connectivity index (χ3v) is 4.08. The Kier molecular flexibility index (Phi) is 5.42. The van der Waals surface area contributed by atoms with E-state index in [1.807, 2.05) is 12.1 Å². The maximum absolute atomic E-state index is 12.2. The van der Waals surface area contributed by atoms with Gasteiger partial charge in [-0.25, -0.2) is 0 Å². The lowest BCUT2D eigenvalue weighted by molar-refractivity contribution is -0.120. The van der Waals surface area contributed by atoms with E-state index in [0.29, 0.717) is 41.8 Å². The van der Waals surface area contributed by atoms with Crippen molar-refractivity contribution < 1.29 is 14.3 Å². The second-order valence-corrected chi connectivity index (χ2v) is 6.12. The SMILES string of the molecule is N#Cc1ccc(CNC(=O)Cc2cc(Cl)c3c(c2)OCCCO3)cc1. The van der Waals surface area contributed by atoms with Crippen LogP contribution in [-0.4, -0.2) is 19.1 Å². The number of hydrogen-bond donors (Lipinski definition) is 1. The van der Waals surface area contributed by atoms with E-state index in [9.17, 15) is 4.79 Å². The van der Waals surface area contributed by atoms with E-state index < -0.39 is 0 Å². The van der Waals surface area contributed by atoms with Crippen LogP contribution in [0.4, 0.5) is 0 Å². The van der Waals surface area contributed by atoms with Gasteiger partial charge in [0, 0.05) is 13.0 Å². The molecular weight excluding hydrogens is 340 g/mol. The minimum atomic E-state index is -0.116. The Bertz CT molecular complexity index is 813. The van der Waals surface area contributed by atoms with Crippen molar-refractivity contribution in [3.05, 3.63) is 58.1 Å². The number of carbonyl (C=O) groups is 1. The van der Waals surface area contributed by atoms with Crippen LogP contribution in [0, 0.1) is 11.3 Å². The summed E-state index contributed by atoms with van der Waals surface area (Å²) in [6.07, 6.45) is 0.998. The summed E-state index contributed by atoms with van der Waals surface area (Å²) in [6, 6.07) is 12.7. The highest BCUT2D eigenvalue weighted by molar-refractivity contribution is 6.32. The smallest absolute Gasteiger partial charge is 0.224 e. The molecule has 0 radical (unpaired) electrons. The zero-order chi connectivity index (χ0) is 17.6. The van der Waals surface area contributed by atoms with Crippen molar-refractivity contribution in [2.24, 2.45) is 0 Å². The van der Waals surface area contributed by atoms with E-state index in [1.54, 1.807) is 24.3 Å². The molecule has 0 atom stereocenters. The summed E-state index contributed by atoms with van der Waals surface area (Å²) < 4.78 is 11.2. The van der Waals surface area contributed by atoms with Crippen LogP contribution in [0.1, 0.15) is 23.1 Å². The highest BCUT2D eigenvalue weighted by Gasteiger charge is 2.16. The molecule has 0 aliphatic carbocycles. The highest BCUT2D eigenvalue weighted by Crippen LogP contribution is 2.38. The summed E-state index contributed by atoms with van der Waals surface area (Å²) >= 11 is 6.24. The monoisotopic (exact) mass is 356 g/mol. The Labute approximate surface area is 151 Å². The standard InChI is InChI=1S/C19H17ClN2O3/c20-16-8-15(9-17-19(16)25-7-1-6-24-17)10-18(23)22-12-14-4-2-13(11-21)3-5-14/h2-5,8-9H,1,6-7,10,12H2,(H,22,23). The van der Waals surface area contributed by atoms with Crippen LogP contribution >= 0.6 is 11.6 Å². The first-order valence-corrected chi connectivity index (χ1v) is 8.37. The van der Waals surface area contributed by atoms with Gasteiger partial charge in [0.05, 0.1) is 36.3 Å². The van der Waals surface area contributed by atoms with Crippen molar-refractivity contribution in [3.8, 4) is 17.6 Å². The van der Waals surface area contributed by atoms with Gasteiger partial charge in [-0.05, 0) is 35.4 Å². The number of ether oxygens (including phenoxy) is 2. The lowest BCUT2D eigenvalue weighted by atomic mass is 10.1. The molecule has 2 aromatic carbocycles. The number of amides is 1.